The van der Waals surface area contributed by atoms with Gasteiger partial charge in [0, 0.05) is 0 Å². The molecule has 1 atom stereocenters. The van der Waals surface area contributed by atoms with E-state index in [0.717, 1.165) is 0 Å². The molecule has 4 nitrogen and oxygen atoms in total. The molecule has 0 aliphatic heterocycles. The molecule has 0 saturated heterocycles. The Labute approximate surface area is 119 Å². The third-order valence-corrected chi connectivity index (χ3v) is 3.14. The summed E-state index contributed by atoms with van der Waals surface area (Å²) in [5.41, 5.74) is 7.03. The van der Waals surface area contributed by atoms with Crippen molar-refractivity contribution in [3.8, 4) is 11.4 Å². The molecule has 3 rings (SSSR count). The number of benzene rings is 2. The van der Waals surface area contributed by atoms with Crippen LogP contribution in [0.3, 0.4) is 0 Å². The van der Waals surface area contributed by atoms with E-state index < -0.39 is 11.9 Å². The molecule has 1 heterocycles. The Balaban J connectivity index is 1.91. The molecule has 0 amide bonds. The zero-order chi connectivity index (χ0) is 14.8. The molecular weight excluding hydrogens is 274 g/mol. The Bertz CT molecular complexity index is 752. The predicted molar refractivity (Wildman–Crippen MR) is 74.2 cm³/mol. The standard InChI is InChI=1S/C15H12F2N4/c16-10-7-5-9(6-8-10)13(18)15-19-14(20-21-15)11-3-1-2-4-12(11)17/h1-8,13H,18H2,(H,19,20,21)/t13-/m1/s1. The minimum atomic E-state index is -0.585. The van der Waals surface area contributed by atoms with Crippen molar-refractivity contribution >= 4 is 0 Å². The molecule has 2 aromatic carbocycles. The van der Waals surface area contributed by atoms with E-state index in [1.54, 1.807) is 30.3 Å². The van der Waals surface area contributed by atoms with Crippen molar-refractivity contribution in [1.29, 1.82) is 0 Å². The van der Waals surface area contributed by atoms with Crippen LogP contribution in [0.2, 0.25) is 0 Å². The van der Waals surface area contributed by atoms with Gasteiger partial charge in [0.15, 0.2) is 5.82 Å². The fourth-order valence-corrected chi connectivity index (χ4v) is 2.00. The maximum absolute atomic E-state index is 13.7. The number of aromatic amines is 1. The highest BCUT2D eigenvalue weighted by Crippen LogP contribution is 2.22. The molecule has 0 radical (unpaired) electrons. The number of aromatic nitrogens is 3. The van der Waals surface area contributed by atoms with Gasteiger partial charge in [-0.05, 0) is 29.8 Å². The van der Waals surface area contributed by atoms with Gasteiger partial charge in [-0.2, -0.15) is 5.10 Å². The first kappa shape index (κ1) is 13.4. The van der Waals surface area contributed by atoms with Gasteiger partial charge >= 0.3 is 0 Å². The lowest BCUT2D eigenvalue weighted by Gasteiger charge is -2.07. The molecule has 0 bridgehead atoms. The van der Waals surface area contributed by atoms with Crippen LogP contribution in [0.1, 0.15) is 17.4 Å². The second-order valence-electron chi connectivity index (χ2n) is 4.55. The van der Waals surface area contributed by atoms with E-state index in [0.29, 0.717) is 17.0 Å². The first-order valence-electron chi connectivity index (χ1n) is 6.33. The monoisotopic (exact) mass is 286 g/mol. The van der Waals surface area contributed by atoms with Gasteiger partial charge in [-0.3, -0.25) is 5.10 Å². The summed E-state index contributed by atoms with van der Waals surface area (Å²) in [7, 11) is 0. The molecule has 3 N–H and O–H groups in total. The average Bonchev–Trinajstić information content (AvgIpc) is 2.97. The lowest BCUT2D eigenvalue weighted by Crippen LogP contribution is -2.13. The van der Waals surface area contributed by atoms with Gasteiger partial charge in [-0.1, -0.05) is 24.3 Å². The van der Waals surface area contributed by atoms with Crippen molar-refractivity contribution in [2.45, 2.75) is 6.04 Å². The van der Waals surface area contributed by atoms with Crippen molar-refractivity contribution in [3.05, 3.63) is 71.6 Å². The van der Waals surface area contributed by atoms with Crippen LogP contribution in [-0.4, -0.2) is 15.2 Å². The molecule has 21 heavy (non-hydrogen) atoms. The highest BCUT2D eigenvalue weighted by molar-refractivity contribution is 5.55. The number of nitrogens with one attached hydrogen (secondary N) is 1. The summed E-state index contributed by atoms with van der Waals surface area (Å²) in [6.07, 6.45) is 0. The number of hydrogen-bond donors (Lipinski definition) is 2. The van der Waals surface area contributed by atoms with Crippen LogP contribution in [0.15, 0.2) is 48.5 Å². The summed E-state index contributed by atoms with van der Waals surface area (Å²) in [5.74, 6) is -0.116. The Morgan fingerprint density at radius 1 is 1.00 bits per heavy atom. The Kier molecular flexibility index (Phi) is 3.45. The van der Waals surface area contributed by atoms with E-state index >= 15 is 0 Å². The van der Waals surface area contributed by atoms with Crippen molar-refractivity contribution in [1.82, 2.24) is 15.2 Å². The van der Waals surface area contributed by atoms with E-state index in [-0.39, 0.29) is 11.6 Å². The minimum Gasteiger partial charge on any atom is -0.318 e. The Morgan fingerprint density at radius 3 is 2.43 bits per heavy atom. The van der Waals surface area contributed by atoms with E-state index in [4.69, 9.17) is 5.73 Å². The van der Waals surface area contributed by atoms with Gasteiger partial charge in [-0.15, -0.1) is 0 Å². The molecule has 6 heteroatoms. The maximum atomic E-state index is 13.7. The number of halogens is 2. The first-order valence-corrected chi connectivity index (χ1v) is 6.33. The molecule has 1 aromatic heterocycles. The van der Waals surface area contributed by atoms with Crippen molar-refractivity contribution in [2.75, 3.05) is 0 Å². The minimum absolute atomic E-state index is 0.237. The van der Waals surface area contributed by atoms with Crippen LogP contribution in [0.5, 0.6) is 0 Å². The number of nitrogens with two attached hydrogens (primary N) is 1. The Hall–Kier alpha value is -2.60. The molecular formula is C15H12F2N4. The van der Waals surface area contributed by atoms with E-state index in [9.17, 15) is 8.78 Å². The molecule has 0 spiro atoms. The third-order valence-electron chi connectivity index (χ3n) is 3.14. The summed E-state index contributed by atoms with van der Waals surface area (Å²) in [6.45, 7) is 0. The van der Waals surface area contributed by atoms with Crippen molar-refractivity contribution < 1.29 is 8.78 Å². The number of H-pyrrole nitrogens is 1. The highest BCUT2D eigenvalue weighted by Gasteiger charge is 2.16. The SMILES string of the molecule is N[C@H](c1ccc(F)cc1)c1nc(-c2ccccc2F)n[nH]1. The normalized spacial score (nSPS) is 12.3. The number of hydrogen-bond acceptors (Lipinski definition) is 3. The van der Waals surface area contributed by atoms with Crippen LogP contribution in [0.25, 0.3) is 11.4 Å². The third kappa shape index (κ3) is 2.66. The van der Waals surface area contributed by atoms with Gasteiger partial charge in [0.25, 0.3) is 0 Å². The van der Waals surface area contributed by atoms with Crippen LogP contribution >= 0.6 is 0 Å². The molecule has 0 aliphatic rings. The summed E-state index contributed by atoms with van der Waals surface area (Å²) < 4.78 is 26.6. The zero-order valence-corrected chi connectivity index (χ0v) is 10.9. The number of rotatable bonds is 3. The highest BCUT2D eigenvalue weighted by atomic mass is 19.1. The van der Waals surface area contributed by atoms with E-state index in [1.807, 2.05) is 0 Å². The smallest absolute Gasteiger partial charge is 0.184 e. The number of nitrogens with zero attached hydrogens (tertiary/aromatic N) is 2. The quantitative estimate of drug-likeness (QED) is 0.778. The fourth-order valence-electron chi connectivity index (χ4n) is 2.00. The summed E-state index contributed by atoms with van der Waals surface area (Å²) >= 11 is 0. The lowest BCUT2D eigenvalue weighted by molar-refractivity contribution is 0.626. The molecule has 0 saturated carbocycles. The summed E-state index contributed by atoms with van der Waals surface area (Å²) in [4.78, 5) is 4.21. The molecule has 0 fully saturated rings. The van der Waals surface area contributed by atoms with Gasteiger partial charge in [0.05, 0.1) is 11.6 Å². The zero-order valence-electron chi connectivity index (χ0n) is 10.9. The first-order chi connectivity index (χ1) is 10.1. The molecule has 3 aromatic rings. The maximum Gasteiger partial charge on any atom is 0.184 e. The van der Waals surface area contributed by atoms with Gasteiger partial charge in [-0.25, -0.2) is 13.8 Å². The van der Waals surface area contributed by atoms with Crippen molar-refractivity contribution in [3.63, 3.8) is 0 Å². The Morgan fingerprint density at radius 2 is 1.71 bits per heavy atom. The van der Waals surface area contributed by atoms with Crippen LogP contribution in [0.4, 0.5) is 8.78 Å². The van der Waals surface area contributed by atoms with Crippen LogP contribution in [-0.2, 0) is 0 Å². The van der Waals surface area contributed by atoms with Crippen LogP contribution < -0.4 is 5.73 Å². The molecule has 106 valence electrons. The van der Waals surface area contributed by atoms with Crippen molar-refractivity contribution in [2.24, 2.45) is 5.73 Å². The summed E-state index contributed by atoms with van der Waals surface area (Å²) in [6, 6.07) is 11.4. The second-order valence-corrected chi connectivity index (χ2v) is 4.55. The summed E-state index contributed by atoms with van der Waals surface area (Å²) in [5, 5.41) is 6.68. The van der Waals surface area contributed by atoms with Gasteiger partial charge < -0.3 is 5.73 Å². The van der Waals surface area contributed by atoms with Crippen LogP contribution in [0, 0.1) is 11.6 Å². The van der Waals surface area contributed by atoms with E-state index in [1.165, 1.54) is 18.2 Å². The van der Waals surface area contributed by atoms with Gasteiger partial charge in [0.1, 0.15) is 17.5 Å². The lowest BCUT2D eigenvalue weighted by atomic mass is 10.1. The molecule has 0 aliphatic carbocycles. The fraction of sp³-hybridized carbons (Fsp3) is 0.0667. The predicted octanol–water partition coefficient (Wildman–Crippen LogP) is 2.80. The van der Waals surface area contributed by atoms with E-state index in [2.05, 4.69) is 15.2 Å². The topological polar surface area (TPSA) is 67.6 Å². The largest absolute Gasteiger partial charge is 0.318 e. The second kappa shape index (κ2) is 5.41. The average molecular weight is 286 g/mol. The molecule has 0 unspecified atom stereocenters. The van der Waals surface area contributed by atoms with Gasteiger partial charge in [0.2, 0.25) is 0 Å².